The van der Waals surface area contributed by atoms with Crippen LogP contribution in [0.15, 0.2) is 18.7 Å². The van der Waals surface area contributed by atoms with E-state index in [9.17, 15) is 0 Å². The van der Waals surface area contributed by atoms with Crippen molar-refractivity contribution >= 4 is 0 Å². The van der Waals surface area contributed by atoms with E-state index in [0.29, 0.717) is 6.04 Å². The van der Waals surface area contributed by atoms with Gasteiger partial charge in [0.2, 0.25) is 0 Å². The van der Waals surface area contributed by atoms with Gasteiger partial charge in [0.25, 0.3) is 0 Å². The number of aromatic nitrogens is 2. The van der Waals surface area contributed by atoms with E-state index in [4.69, 9.17) is 0 Å². The van der Waals surface area contributed by atoms with Crippen molar-refractivity contribution < 1.29 is 0 Å². The largest absolute Gasteiger partial charge is 0.334 e. The van der Waals surface area contributed by atoms with Crippen molar-refractivity contribution in [3.8, 4) is 0 Å². The highest BCUT2D eigenvalue weighted by Gasteiger charge is 2.29. The lowest BCUT2D eigenvalue weighted by molar-refractivity contribution is 0.191. The van der Waals surface area contributed by atoms with Gasteiger partial charge in [-0.1, -0.05) is 13.8 Å². The Morgan fingerprint density at radius 2 is 2.27 bits per heavy atom. The van der Waals surface area contributed by atoms with Gasteiger partial charge < -0.3 is 9.88 Å². The average Bonchev–Trinajstić information content (AvgIpc) is 2.60. The summed E-state index contributed by atoms with van der Waals surface area (Å²) in [7, 11) is 0. The van der Waals surface area contributed by atoms with Crippen molar-refractivity contribution in [1.82, 2.24) is 14.9 Å². The van der Waals surface area contributed by atoms with Crippen LogP contribution < -0.4 is 5.32 Å². The minimum absolute atomic E-state index is 0.707. The predicted octanol–water partition coefficient (Wildman–Crippen LogP) is 2.08. The summed E-state index contributed by atoms with van der Waals surface area (Å²) < 4.78 is 2.24. The molecule has 1 aliphatic carbocycles. The fourth-order valence-electron chi connectivity index (χ4n) is 2.17. The summed E-state index contributed by atoms with van der Waals surface area (Å²) in [5.41, 5.74) is 0. The Labute approximate surface area is 91.9 Å². The van der Waals surface area contributed by atoms with Gasteiger partial charge in [-0.05, 0) is 37.8 Å². The molecule has 0 aromatic carbocycles. The zero-order chi connectivity index (χ0) is 10.7. The van der Waals surface area contributed by atoms with Gasteiger partial charge >= 0.3 is 0 Å². The average molecular weight is 207 g/mol. The Bertz CT molecular complexity index is 273. The molecule has 0 atom stereocenters. The Morgan fingerprint density at radius 3 is 2.87 bits per heavy atom. The molecular formula is C12H21N3. The maximum absolute atomic E-state index is 4.08. The van der Waals surface area contributed by atoms with E-state index < -0.39 is 0 Å². The van der Waals surface area contributed by atoms with Crippen molar-refractivity contribution in [3.05, 3.63) is 18.7 Å². The molecule has 84 valence electrons. The van der Waals surface area contributed by atoms with Crippen LogP contribution in [0.3, 0.4) is 0 Å². The molecule has 0 unspecified atom stereocenters. The van der Waals surface area contributed by atoms with Crippen LogP contribution in [0.1, 0.15) is 32.7 Å². The fraction of sp³-hybridized carbons (Fsp3) is 0.750. The lowest BCUT2D eigenvalue weighted by atomic mass is 9.80. The molecule has 1 aromatic heterocycles. The van der Waals surface area contributed by atoms with E-state index >= 15 is 0 Å². The molecule has 0 amide bonds. The number of rotatable bonds is 5. The second kappa shape index (κ2) is 4.79. The molecule has 1 N–H and O–H groups in total. The fourth-order valence-corrected chi connectivity index (χ4v) is 2.17. The molecule has 1 aliphatic rings. The van der Waals surface area contributed by atoms with Crippen LogP contribution in [0.4, 0.5) is 0 Å². The third kappa shape index (κ3) is 2.81. The van der Waals surface area contributed by atoms with E-state index in [0.717, 1.165) is 18.4 Å². The highest BCUT2D eigenvalue weighted by Crippen LogP contribution is 2.36. The Hall–Kier alpha value is -0.830. The maximum atomic E-state index is 4.08. The molecule has 1 fully saturated rings. The van der Waals surface area contributed by atoms with Crippen molar-refractivity contribution in [1.29, 1.82) is 0 Å². The lowest BCUT2D eigenvalue weighted by Crippen LogP contribution is -2.35. The normalized spacial score (nSPS) is 25.5. The summed E-state index contributed by atoms with van der Waals surface area (Å²) in [6.07, 6.45) is 8.48. The molecule has 0 bridgehead atoms. The van der Waals surface area contributed by atoms with Crippen molar-refractivity contribution in [3.63, 3.8) is 0 Å². The van der Waals surface area contributed by atoms with Crippen LogP contribution in [0, 0.1) is 11.8 Å². The van der Waals surface area contributed by atoms with E-state index in [2.05, 4.69) is 34.9 Å². The summed E-state index contributed by atoms with van der Waals surface area (Å²) in [4.78, 5) is 4.08. The maximum Gasteiger partial charge on any atom is 0.0948 e. The second-order valence-electron chi connectivity index (χ2n) is 5.05. The van der Waals surface area contributed by atoms with Gasteiger partial charge in [-0.2, -0.15) is 0 Å². The van der Waals surface area contributed by atoms with E-state index in [1.165, 1.54) is 19.4 Å². The third-order valence-electron chi connectivity index (χ3n) is 3.14. The van der Waals surface area contributed by atoms with Crippen LogP contribution in [0.5, 0.6) is 0 Å². The standard InChI is InChI=1S/C12H21N3/c1-10(2)7-14-8-11-5-12(6-11)15-4-3-13-9-15/h3-4,9-12,14H,5-8H2,1-2H3. The first kappa shape index (κ1) is 10.7. The Balaban J connectivity index is 1.62. The quantitative estimate of drug-likeness (QED) is 0.801. The summed E-state index contributed by atoms with van der Waals surface area (Å²) in [6, 6.07) is 0.707. The highest BCUT2D eigenvalue weighted by molar-refractivity contribution is 4.89. The van der Waals surface area contributed by atoms with Gasteiger partial charge in [-0.15, -0.1) is 0 Å². The molecule has 0 saturated heterocycles. The number of hydrogen-bond acceptors (Lipinski definition) is 2. The van der Waals surface area contributed by atoms with Crippen molar-refractivity contribution in [2.45, 2.75) is 32.7 Å². The molecular weight excluding hydrogens is 186 g/mol. The second-order valence-corrected chi connectivity index (χ2v) is 5.05. The van der Waals surface area contributed by atoms with Crippen LogP contribution in [0.25, 0.3) is 0 Å². The number of imidazole rings is 1. The Morgan fingerprint density at radius 1 is 1.47 bits per heavy atom. The molecule has 3 nitrogen and oxygen atoms in total. The molecule has 0 aliphatic heterocycles. The molecule has 0 spiro atoms. The zero-order valence-electron chi connectivity index (χ0n) is 9.69. The molecule has 15 heavy (non-hydrogen) atoms. The number of hydrogen-bond donors (Lipinski definition) is 1. The van der Waals surface area contributed by atoms with Gasteiger partial charge in [0.15, 0.2) is 0 Å². The predicted molar refractivity (Wildman–Crippen MR) is 61.7 cm³/mol. The highest BCUT2D eigenvalue weighted by atomic mass is 15.1. The minimum Gasteiger partial charge on any atom is -0.334 e. The van der Waals surface area contributed by atoms with Crippen LogP contribution in [0.2, 0.25) is 0 Å². The Kier molecular flexibility index (Phi) is 3.41. The topological polar surface area (TPSA) is 29.9 Å². The first-order valence-corrected chi connectivity index (χ1v) is 5.94. The van der Waals surface area contributed by atoms with Crippen LogP contribution in [-0.2, 0) is 0 Å². The zero-order valence-corrected chi connectivity index (χ0v) is 9.69. The monoisotopic (exact) mass is 207 g/mol. The van der Waals surface area contributed by atoms with Gasteiger partial charge in [-0.3, -0.25) is 0 Å². The molecule has 1 heterocycles. The minimum atomic E-state index is 0.707. The molecule has 2 rings (SSSR count). The SMILES string of the molecule is CC(C)CNCC1CC(n2ccnc2)C1. The van der Waals surface area contributed by atoms with Gasteiger partial charge in [0.05, 0.1) is 6.33 Å². The van der Waals surface area contributed by atoms with Crippen molar-refractivity contribution in [2.24, 2.45) is 11.8 Å². The summed E-state index contributed by atoms with van der Waals surface area (Å²) in [6.45, 7) is 6.83. The molecule has 0 radical (unpaired) electrons. The summed E-state index contributed by atoms with van der Waals surface area (Å²) >= 11 is 0. The first-order valence-electron chi connectivity index (χ1n) is 5.94. The first-order chi connectivity index (χ1) is 7.25. The van der Waals surface area contributed by atoms with Gasteiger partial charge in [0, 0.05) is 18.4 Å². The molecule has 3 heteroatoms. The lowest BCUT2D eigenvalue weighted by Gasteiger charge is -2.36. The molecule has 1 aromatic rings. The van der Waals surface area contributed by atoms with E-state index in [-0.39, 0.29) is 0 Å². The van der Waals surface area contributed by atoms with E-state index in [1.54, 1.807) is 0 Å². The van der Waals surface area contributed by atoms with Gasteiger partial charge in [-0.25, -0.2) is 4.98 Å². The van der Waals surface area contributed by atoms with E-state index in [1.807, 2.05) is 12.5 Å². The van der Waals surface area contributed by atoms with Crippen LogP contribution >= 0.6 is 0 Å². The summed E-state index contributed by atoms with van der Waals surface area (Å²) in [5.74, 6) is 1.63. The van der Waals surface area contributed by atoms with Gasteiger partial charge in [0.1, 0.15) is 0 Å². The van der Waals surface area contributed by atoms with Crippen molar-refractivity contribution in [2.75, 3.05) is 13.1 Å². The third-order valence-corrected chi connectivity index (χ3v) is 3.14. The smallest absolute Gasteiger partial charge is 0.0948 e. The number of nitrogens with one attached hydrogen (secondary N) is 1. The summed E-state index contributed by atoms with van der Waals surface area (Å²) in [5, 5.41) is 3.53. The van der Waals surface area contributed by atoms with Crippen LogP contribution in [-0.4, -0.2) is 22.6 Å². The number of nitrogens with zero attached hydrogens (tertiary/aromatic N) is 2. The molecule has 1 saturated carbocycles.